The number of carbonyl (C=O) groups is 4. The number of imidazole rings is 2. The zero-order valence-electron chi connectivity index (χ0n) is 40.3. The van der Waals surface area contributed by atoms with Gasteiger partial charge in [0.1, 0.15) is 35.3 Å². The molecule has 0 bridgehead atoms. The monoisotopic (exact) mass is 973 g/mol. The minimum Gasteiger partial charge on any atom is -0.464 e. The summed E-state index contributed by atoms with van der Waals surface area (Å²) in [6.07, 6.45) is 9.30. The molecule has 5 atom stereocenters. The first-order chi connectivity index (χ1) is 33.8. The second-order valence-corrected chi connectivity index (χ2v) is 20.9. The van der Waals surface area contributed by atoms with Gasteiger partial charge in [0.25, 0.3) is 0 Å². The van der Waals surface area contributed by atoms with Crippen molar-refractivity contribution in [3.63, 3.8) is 0 Å². The number of ether oxygens (including phenoxy) is 3. The Kier molecular flexibility index (Phi) is 12.9. The van der Waals surface area contributed by atoms with E-state index in [1.54, 1.807) is 33.5 Å². The van der Waals surface area contributed by atoms with Crippen LogP contribution in [-0.2, 0) is 25.5 Å². The van der Waals surface area contributed by atoms with E-state index < -0.39 is 36.3 Å². The number of fused-ring (bicyclic) bond motifs is 5. The molecular weight excluding hydrogens is 914 g/mol. The topological polar surface area (TPSA) is 189 Å². The molecule has 2 aromatic carbocycles. The van der Waals surface area contributed by atoms with Crippen LogP contribution in [0.5, 0.6) is 5.75 Å². The van der Waals surface area contributed by atoms with E-state index in [0.29, 0.717) is 59.4 Å². The Morgan fingerprint density at radius 3 is 1.96 bits per heavy atom. The number of halogens is 1. The third kappa shape index (κ3) is 9.01. The smallest absolute Gasteiger partial charge is 0.407 e. The number of benzene rings is 2. The lowest BCUT2D eigenvalue weighted by atomic mass is 10.0. The number of thiophene rings is 1. The molecule has 3 aliphatic heterocycles. The van der Waals surface area contributed by atoms with Crippen LogP contribution in [0.25, 0.3) is 44.7 Å². The van der Waals surface area contributed by atoms with Gasteiger partial charge in [-0.2, -0.15) is 0 Å². The molecule has 4 amide bonds. The van der Waals surface area contributed by atoms with Gasteiger partial charge in [-0.1, -0.05) is 46.6 Å². The van der Waals surface area contributed by atoms with Crippen molar-refractivity contribution >= 4 is 46.2 Å². The first-order valence-corrected chi connectivity index (χ1v) is 25.3. The van der Waals surface area contributed by atoms with Gasteiger partial charge < -0.3 is 44.6 Å². The summed E-state index contributed by atoms with van der Waals surface area (Å²) in [6, 6.07) is 13.7. The molecule has 0 radical (unpaired) electrons. The molecule has 1 unspecified atom stereocenters. The Morgan fingerprint density at radius 1 is 0.786 bits per heavy atom. The zero-order valence-corrected chi connectivity index (χ0v) is 41.2. The summed E-state index contributed by atoms with van der Waals surface area (Å²) in [5.74, 6) is 1.29. The number of nitrogens with one attached hydrogen (secondary N) is 4. The van der Waals surface area contributed by atoms with Gasteiger partial charge in [-0.05, 0) is 98.7 Å². The Morgan fingerprint density at radius 2 is 1.39 bits per heavy atom. The van der Waals surface area contributed by atoms with E-state index in [1.807, 2.05) is 52.0 Å². The van der Waals surface area contributed by atoms with Crippen LogP contribution in [0.15, 0.2) is 60.9 Å². The third-order valence-electron chi connectivity index (χ3n) is 14.3. The van der Waals surface area contributed by atoms with E-state index in [9.17, 15) is 19.2 Å². The van der Waals surface area contributed by atoms with Crippen LogP contribution in [0.3, 0.4) is 0 Å². The normalized spacial score (nSPS) is 19.5. The molecule has 18 heteroatoms. The second-order valence-electron chi connectivity index (χ2n) is 19.7. The number of aryl methyl sites for hydroxylation is 1. The summed E-state index contributed by atoms with van der Waals surface area (Å²) in [6.45, 7) is 8.59. The maximum atomic E-state index is 17.0. The molecule has 7 heterocycles. The van der Waals surface area contributed by atoms with Gasteiger partial charge in [-0.15, -0.1) is 11.3 Å². The number of nitrogens with zero attached hydrogens (tertiary/aromatic N) is 5. The lowest BCUT2D eigenvalue weighted by Gasteiger charge is -2.30. The summed E-state index contributed by atoms with van der Waals surface area (Å²) in [7, 11) is 2.55. The summed E-state index contributed by atoms with van der Waals surface area (Å²) in [4.78, 5) is 74.2. The minimum absolute atomic E-state index is 0.150. The van der Waals surface area contributed by atoms with Crippen LogP contribution < -0.4 is 15.4 Å². The molecule has 16 nitrogen and oxygen atoms in total. The quantitative estimate of drug-likeness (QED) is 0.0824. The Labute approximate surface area is 409 Å². The lowest BCUT2D eigenvalue weighted by molar-refractivity contribution is -0.136. The molecular formula is C52H60FN9O7S. The van der Waals surface area contributed by atoms with E-state index in [-0.39, 0.29) is 35.7 Å². The fourth-order valence-corrected chi connectivity index (χ4v) is 11.4. The zero-order chi connectivity index (χ0) is 49.0. The van der Waals surface area contributed by atoms with E-state index in [1.165, 1.54) is 44.4 Å². The summed E-state index contributed by atoms with van der Waals surface area (Å²) >= 11 is 1.73. The molecule has 10 rings (SSSR count). The van der Waals surface area contributed by atoms with Crippen LogP contribution in [0, 0.1) is 23.6 Å². The summed E-state index contributed by atoms with van der Waals surface area (Å²) in [5.41, 5.74) is 4.71. The predicted octanol–water partition coefficient (Wildman–Crippen LogP) is 9.66. The molecule has 3 fully saturated rings. The minimum atomic E-state index is -0.769. The molecule has 6 aromatic rings. The molecule has 1 saturated carbocycles. The number of H-pyrrole nitrogens is 2. The fraction of sp³-hybridized carbons (Fsp3) is 0.462. The van der Waals surface area contributed by atoms with Crippen molar-refractivity contribution in [2.75, 3.05) is 27.3 Å². The third-order valence-corrected chi connectivity index (χ3v) is 15.5. The number of carbonyl (C=O) groups excluding carboxylic acids is 4. The van der Waals surface area contributed by atoms with Gasteiger partial charge in [0, 0.05) is 34.5 Å². The molecule has 4 aliphatic rings. The summed E-state index contributed by atoms with van der Waals surface area (Å²) in [5, 5.41) is 6.30. The number of aromatic amines is 2. The SMILES string of the molecule is COC(=O)N[C@H](C(=O)N1CCC[C@H]1c1ncc(-c2cc(F)c3c(c2)OC(c2ccc(CCC4CC4)s2)n2c-3cc3cc(-c4cnc([C@@H]5CCCN5C(=O)[C@@H](NC(=O)OC)C(C)C)[nH]4)ccc32)[nH]1)C(C)C. The first-order valence-electron chi connectivity index (χ1n) is 24.4. The average Bonchev–Trinajstić information content (AvgIpc) is 4.08. The highest BCUT2D eigenvalue weighted by atomic mass is 32.1. The lowest BCUT2D eigenvalue weighted by Crippen LogP contribution is -2.51. The van der Waals surface area contributed by atoms with Crippen molar-refractivity contribution in [1.82, 2.24) is 44.9 Å². The molecule has 4 N–H and O–H groups in total. The fourth-order valence-electron chi connectivity index (χ4n) is 10.4. The highest BCUT2D eigenvalue weighted by Gasteiger charge is 2.40. The molecule has 4 aromatic heterocycles. The van der Waals surface area contributed by atoms with E-state index in [4.69, 9.17) is 24.2 Å². The standard InChI is InChI=1S/C52H60FN9O7S/c1-27(2)44(58-51(65)67-5)48(63)60-19-7-9-38(60)46-54-25-35(56-46)30-14-17-37-32(21-30)23-40-43-34(53)22-31(24-41(43)69-50(62(37)40)42-18-16-33(70-42)15-13-29-11-12-29)36-26-55-47(57-36)39-10-8-20-61(39)49(64)45(28(3)4)59-52(66)68-6/h14,16-18,21-29,38-39,44-45,50H,7-13,15,19-20H2,1-6H3,(H,54,56)(H,55,57)(H,58,65)(H,59,66)/t38-,39-,44-,45-,50?/m0/s1. The maximum absolute atomic E-state index is 17.0. The number of hydrogen-bond acceptors (Lipinski definition) is 10. The molecule has 368 valence electrons. The van der Waals surface area contributed by atoms with E-state index in [2.05, 4.69) is 43.4 Å². The van der Waals surface area contributed by atoms with Gasteiger partial charge in [0.05, 0.1) is 71.7 Å². The van der Waals surface area contributed by atoms with Gasteiger partial charge in [0.15, 0.2) is 0 Å². The van der Waals surface area contributed by atoms with Crippen LogP contribution in [-0.4, -0.2) is 97.7 Å². The number of alkyl carbamates (subject to hydrolysis) is 2. The van der Waals surface area contributed by atoms with Crippen molar-refractivity contribution in [2.24, 2.45) is 17.8 Å². The van der Waals surface area contributed by atoms with E-state index in [0.717, 1.165) is 58.6 Å². The average molecular weight is 974 g/mol. The molecule has 1 aliphatic carbocycles. The number of hydrogen-bond donors (Lipinski definition) is 4. The first kappa shape index (κ1) is 47.0. The highest BCUT2D eigenvalue weighted by molar-refractivity contribution is 7.12. The number of rotatable bonds is 14. The Bertz CT molecular complexity index is 2950. The highest BCUT2D eigenvalue weighted by Crippen LogP contribution is 2.49. The van der Waals surface area contributed by atoms with Gasteiger partial charge in [-0.3, -0.25) is 14.2 Å². The van der Waals surface area contributed by atoms with Crippen molar-refractivity contribution in [3.05, 3.63) is 88.1 Å². The van der Waals surface area contributed by atoms with Crippen molar-refractivity contribution in [3.8, 4) is 39.5 Å². The van der Waals surface area contributed by atoms with Crippen LogP contribution in [0.4, 0.5) is 14.0 Å². The number of amides is 4. The molecule has 2 saturated heterocycles. The second kappa shape index (κ2) is 19.2. The number of methoxy groups -OCH3 is 2. The Hall–Kier alpha value is -6.69. The number of likely N-dealkylation sites (tertiary alicyclic amines) is 2. The van der Waals surface area contributed by atoms with Crippen LogP contribution >= 0.6 is 11.3 Å². The van der Waals surface area contributed by atoms with Gasteiger partial charge in [-0.25, -0.2) is 23.9 Å². The molecule has 70 heavy (non-hydrogen) atoms. The molecule has 0 spiro atoms. The van der Waals surface area contributed by atoms with Crippen molar-refractivity contribution < 1.29 is 37.8 Å². The van der Waals surface area contributed by atoms with Crippen LogP contribution in [0.1, 0.15) is 112 Å². The number of aromatic nitrogens is 5. The van der Waals surface area contributed by atoms with Gasteiger partial charge in [0.2, 0.25) is 18.0 Å². The predicted molar refractivity (Wildman–Crippen MR) is 262 cm³/mol. The Balaban J connectivity index is 0.964. The van der Waals surface area contributed by atoms with Gasteiger partial charge >= 0.3 is 12.2 Å². The van der Waals surface area contributed by atoms with Crippen molar-refractivity contribution in [2.45, 2.75) is 109 Å². The maximum Gasteiger partial charge on any atom is 0.407 e. The largest absolute Gasteiger partial charge is 0.464 e. The summed E-state index contributed by atoms with van der Waals surface area (Å²) < 4.78 is 35.6. The van der Waals surface area contributed by atoms with Crippen LogP contribution in [0.2, 0.25) is 0 Å². The van der Waals surface area contributed by atoms with Crippen molar-refractivity contribution in [1.29, 1.82) is 0 Å². The van der Waals surface area contributed by atoms with E-state index >= 15 is 4.39 Å².